The van der Waals surface area contributed by atoms with Crippen molar-refractivity contribution in [1.29, 1.82) is 0 Å². The average molecular weight is 260 g/mol. The Morgan fingerprint density at radius 2 is 1.91 bits per heavy atom. The standard InChI is InChI=1S/C10H13I/c1-9(8-11)7-10-5-3-2-4-6-10/h2-6,9H,7-8H2,1H3/t9-/m1/s1. The zero-order valence-electron chi connectivity index (χ0n) is 6.76. The van der Waals surface area contributed by atoms with Gasteiger partial charge in [0.25, 0.3) is 0 Å². The fraction of sp³-hybridized carbons (Fsp3) is 0.400. The summed E-state index contributed by atoms with van der Waals surface area (Å²) < 4.78 is 1.24. The lowest BCUT2D eigenvalue weighted by molar-refractivity contribution is 0.668. The van der Waals surface area contributed by atoms with Crippen LogP contribution in [0.4, 0.5) is 0 Å². The van der Waals surface area contributed by atoms with Crippen molar-refractivity contribution >= 4 is 22.6 Å². The van der Waals surface area contributed by atoms with E-state index in [0.29, 0.717) is 0 Å². The Balaban J connectivity index is 2.51. The van der Waals surface area contributed by atoms with Gasteiger partial charge in [0.1, 0.15) is 0 Å². The maximum atomic E-state index is 2.44. The minimum Gasteiger partial charge on any atom is -0.0861 e. The highest BCUT2D eigenvalue weighted by molar-refractivity contribution is 14.1. The van der Waals surface area contributed by atoms with E-state index in [-0.39, 0.29) is 0 Å². The first-order chi connectivity index (χ1) is 5.33. The largest absolute Gasteiger partial charge is 0.0861 e. The second-order valence-electron chi connectivity index (χ2n) is 2.95. The molecule has 0 saturated heterocycles. The third-order valence-electron chi connectivity index (χ3n) is 1.69. The first-order valence-corrected chi connectivity index (χ1v) is 5.45. The van der Waals surface area contributed by atoms with Crippen LogP contribution in [0.15, 0.2) is 30.3 Å². The van der Waals surface area contributed by atoms with Crippen molar-refractivity contribution in [1.82, 2.24) is 0 Å². The molecule has 1 aromatic carbocycles. The lowest BCUT2D eigenvalue weighted by atomic mass is 10.0. The van der Waals surface area contributed by atoms with Crippen LogP contribution >= 0.6 is 22.6 Å². The molecule has 0 radical (unpaired) electrons. The van der Waals surface area contributed by atoms with Gasteiger partial charge in [-0.2, -0.15) is 0 Å². The molecular weight excluding hydrogens is 247 g/mol. The van der Waals surface area contributed by atoms with Gasteiger partial charge in [-0.3, -0.25) is 0 Å². The molecule has 0 aliphatic heterocycles. The van der Waals surface area contributed by atoms with Crippen molar-refractivity contribution < 1.29 is 0 Å². The molecule has 0 heterocycles. The molecule has 1 heteroatoms. The van der Waals surface area contributed by atoms with Gasteiger partial charge in [0.2, 0.25) is 0 Å². The van der Waals surface area contributed by atoms with Crippen molar-refractivity contribution in [3.05, 3.63) is 35.9 Å². The smallest absolute Gasteiger partial charge is 0.00242 e. The molecule has 0 unspecified atom stereocenters. The van der Waals surface area contributed by atoms with Crippen LogP contribution in [0, 0.1) is 5.92 Å². The summed E-state index contributed by atoms with van der Waals surface area (Å²) in [6.45, 7) is 2.29. The monoisotopic (exact) mass is 260 g/mol. The third-order valence-corrected chi connectivity index (χ3v) is 3.19. The number of alkyl halides is 1. The Labute approximate surface area is 82.2 Å². The van der Waals surface area contributed by atoms with Crippen LogP contribution in [-0.2, 0) is 6.42 Å². The summed E-state index contributed by atoms with van der Waals surface area (Å²) in [4.78, 5) is 0. The zero-order valence-corrected chi connectivity index (χ0v) is 8.91. The van der Waals surface area contributed by atoms with Crippen LogP contribution in [0.5, 0.6) is 0 Å². The fourth-order valence-corrected chi connectivity index (χ4v) is 1.38. The van der Waals surface area contributed by atoms with Gasteiger partial charge in [-0.1, -0.05) is 59.8 Å². The lowest BCUT2D eigenvalue weighted by Crippen LogP contribution is -1.99. The number of halogens is 1. The predicted octanol–water partition coefficient (Wildman–Crippen LogP) is 3.30. The van der Waals surface area contributed by atoms with E-state index in [1.165, 1.54) is 16.4 Å². The number of hydrogen-bond acceptors (Lipinski definition) is 0. The van der Waals surface area contributed by atoms with E-state index in [1.54, 1.807) is 0 Å². The van der Waals surface area contributed by atoms with Crippen molar-refractivity contribution in [3.63, 3.8) is 0 Å². The maximum Gasteiger partial charge on any atom is 0.00242 e. The number of benzene rings is 1. The highest BCUT2D eigenvalue weighted by atomic mass is 127. The Morgan fingerprint density at radius 1 is 1.27 bits per heavy atom. The molecule has 0 bridgehead atoms. The average Bonchev–Trinajstić information content (AvgIpc) is 2.06. The lowest BCUT2D eigenvalue weighted by Gasteiger charge is -2.06. The van der Waals surface area contributed by atoms with Gasteiger partial charge in [-0.05, 0) is 17.9 Å². The van der Waals surface area contributed by atoms with Crippen LogP contribution in [0.25, 0.3) is 0 Å². The van der Waals surface area contributed by atoms with Gasteiger partial charge in [0.05, 0.1) is 0 Å². The first kappa shape index (κ1) is 9.04. The Hall–Kier alpha value is -0.0500. The number of rotatable bonds is 3. The second kappa shape index (κ2) is 4.75. The van der Waals surface area contributed by atoms with Gasteiger partial charge in [0.15, 0.2) is 0 Å². The van der Waals surface area contributed by atoms with Crippen LogP contribution < -0.4 is 0 Å². The van der Waals surface area contributed by atoms with Crippen molar-refractivity contribution in [3.8, 4) is 0 Å². The summed E-state index contributed by atoms with van der Waals surface area (Å²) in [6.07, 6.45) is 1.21. The summed E-state index contributed by atoms with van der Waals surface area (Å²) in [5.74, 6) is 0.804. The summed E-state index contributed by atoms with van der Waals surface area (Å²) in [5.41, 5.74) is 1.46. The molecule has 1 atom stereocenters. The van der Waals surface area contributed by atoms with Gasteiger partial charge in [-0.15, -0.1) is 0 Å². The van der Waals surface area contributed by atoms with Crippen LogP contribution in [0.3, 0.4) is 0 Å². The Kier molecular flexibility index (Phi) is 3.91. The number of hydrogen-bond donors (Lipinski definition) is 0. The van der Waals surface area contributed by atoms with Crippen LogP contribution in [-0.4, -0.2) is 4.43 Å². The summed E-state index contributed by atoms with van der Waals surface area (Å²) in [5, 5.41) is 0. The summed E-state index contributed by atoms with van der Waals surface area (Å²) in [7, 11) is 0. The SMILES string of the molecule is C[C@@H](CI)Cc1ccccc1. The second-order valence-corrected chi connectivity index (χ2v) is 3.83. The van der Waals surface area contributed by atoms with Crippen LogP contribution in [0.1, 0.15) is 12.5 Å². The Bertz CT molecular complexity index is 193. The minimum absolute atomic E-state index is 0.804. The highest BCUT2D eigenvalue weighted by Gasteiger charge is 1.99. The van der Waals surface area contributed by atoms with E-state index in [4.69, 9.17) is 0 Å². The molecule has 60 valence electrons. The topological polar surface area (TPSA) is 0 Å². The molecular formula is C10H13I. The van der Waals surface area contributed by atoms with Gasteiger partial charge >= 0.3 is 0 Å². The zero-order chi connectivity index (χ0) is 8.10. The van der Waals surface area contributed by atoms with Crippen molar-refractivity contribution in [2.45, 2.75) is 13.3 Å². The molecule has 0 fully saturated rings. The normalized spacial score (nSPS) is 12.9. The molecule has 0 nitrogen and oxygen atoms in total. The van der Waals surface area contributed by atoms with E-state index in [2.05, 4.69) is 59.8 Å². The Morgan fingerprint density at radius 3 is 2.45 bits per heavy atom. The van der Waals surface area contributed by atoms with E-state index in [0.717, 1.165) is 5.92 Å². The molecule has 0 saturated carbocycles. The molecule has 0 aliphatic rings. The molecule has 0 spiro atoms. The molecule has 0 N–H and O–H groups in total. The highest BCUT2D eigenvalue weighted by Crippen LogP contribution is 2.09. The fourth-order valence-electron chi connectivity index (χ4n) is 1.07. The molecule has 0 aromatic heterocycles. The van der Waals surface area contributed by atoms with Gasteiger partial charge < -0.3 is 0 Å². The minimum atomic E-state index is 0.804. The molecule has 1 rings (SSSR count). The molecule has 1 aromatic rings. The van der Waals surface area contributed by atoms with Crippen molar-refractivity contribution in [2.24, 2.45) is 5.92 Å². The van der Waals surface area contributed by atoms with E-state index >= 15 is 0 Å². The van der Waals surface area contributed by atoms with Gasteiger partial charge in [0, 0.05) is 4.43 Å². The maximum absolute atomic E-state index is 2.44. The molecule has 0 amide bonds. The molecule has 11 heavy (non-hydrogen) atoms. The predicted molar refractivity (Wildman–Crippen MR) is 58.2 cm³/mol. The van der Waals surface area contributed by atoms with E-state index < -0.39 is 0 Å². The quantitative estimate of drug-likeness (QED) is 0.577. The summed E-state index contributed by atoms with van der Waals surface area (Å²) in [6, 6.07) is 10.7. The third kappa shape index (κ3) is 3.23. The van der Waals surface area contributed by atoms with Gasteiger partial charge in [-0.25, -0.2) is 0 Å². The van der Waals surface area contributed by atoms with E-state index in [1.807, 2.05) is 0 Å². The van der Waals surface area contributed by atoms with Crippen LogP contribution in [0.2, 0.25) is 0 Å². The van der Waals surface area contributed by atoms with E-state index in [9.17, 15) is 0 Å². The van der Waals surface area contributed by atoms with Crippen molar-refractivity contribution in [2.75, 3.05) is 4.43 Å². The molecule has 0 aliphatic carbocycles. The summed E-state index contributed by atoms with van der Waals surface area (Å²) >= 11 is 2.44. The first-order valence-electron chi connectivity index (χ1n) is 3.93.